The first-order chi connectivity index (χ1) is 13.8. The van der Waals surface area contributed by atoms with Crippen LogP contribution in [0.1, 0.15) is 65.2 Å². The molecule has 1 unspecified atom stereocenters. The van der Waals surface area contributed by atoms with E-state index in [9.17, 15) is 14.4 Å². The number of amides is 1. The van der Waals surface area contributed by atoms with Gasteiger partial charge in [-0.2, -0.15) is 0 Å². The Balaban J connectivity index is 1.55. The van der Waals surface area contributed by atoms with Gasteiger partial charge in [0.05, 0.1) is 18.3 Å². The number of hydrogen-bond donors (Lipinski definition) is 1. The molecule has 0 saturated carbocycles. The normalized spacial score (nSPS) is 19.9. The standard InChI is InChI=1S/C22H34N4O3/c1-15-20(18(4)27)16(2)23-21(15)22(29)17(3)25-12-10-24(11-13-25)14-19(28)26-8-6-5-7-9-26/h17,23H,5-14H2,1-4H3. The van der Waals surface area contributed by atoms with Crippen LogP contribution >= 0.6 is 0 Å². The molecule has 1 atom stereocenters. The third-order valence-electron chi connectivity index (χ3n) is 6.44. The van der Waals surface area contributed by atoms with Gasteiger partial charge in [0.15, 0.2) is 11.6 Å². The van der Waals surface area contributed by atoms with Gasteiger partial charge in [-0.1, -0.05) is 0 Å². The number of likely N-dealkylation sites (tertiary alicyclic amines) is 1. The van der Waals surface area contributed by atoms with Crippen molar-refractivity contribution in [2.45, 2.75) is 53.0 Å². The number of aryl methyl sites for hydroxylation is 1. The van der Waals surface area contributed by atoms with Gasteiger partial charge in [-0.3, -0.25) is 24.2 Å². The molecule has 1 aromatic rings. The highest BCUT2D eigenvalue weighted by atomic mass is 16.2. The van der Waals surface area contributed by atoms with Gasteiger partial charge < -0.3 is 9.88 Å². The summed E-state index contributed by atoms with van der Waals surface area (Å²) in [5.41, 5.74) is 2.67. The predicted molar refractivity (Wildman–Crippen MR) is 113 cm³/mol. The van der Waals surface area contributed by atoms with Crippen molar-refractivity contribution >= 4 is 17.5 Å². The van der Waals surface area contributed by atoms with Crippen molar-refractivity contribution in [3.8, 4) is 0 Å². The first-order valence-corrected chi connectivity index (χ1v) is 10.8. The third-order valence-corrected chi connectivity index (χ3v) is 6.44. The molecule has 2 fully saturated rings. The van der Waals surface area contributed by atoms with Gasteiger partial charge in [0.1, 0.15) is 0 Å². The summed E-state index contributed by atoms with van der Waals surface area (Å²) in [4.78, 5) is 46.9. The number of nitrogens with one attached hydrogen (secondary N) is 1. The second-order valence-corrected chi connectivity index (χ2v) is 8.47. The second-order valence-electron chi connectivity index (χ2n) is 8.47. The van der Waals surface area contributed by atoms with Gasteiger partial charge in [-0.15, -0.1) is 0 Å². The fourth-order valence-corrected chi connectivity index (χ4v) is 4.64. The molecule has 2 aliphatic rings. The van der Waals surface area contributed by atoms with Crippen LogP contribution in [0.15, 0.2) is 0 Å². The number of H-pyrrole nitrogens is 1. The lowest BCUT2D eigenvalue weighted by atomic mass is 10.0. The summed E-state index contributed by atoms with van der Waals surface area (Å²) in [6, 6.07) is -0.258. The maximum Gasteiger partial charge on any atom is 0.236 e. The van der Waals surface area contributed by atoms with E-state index in [1.165, 1.54) is 13.3 Å². The number of rotatable bonds is 6. The number of carbonyl (C=O) groups excluding carboxylic acids is 3. The van der Waals surface area contributed by atoms with Crippen molar-refractivity contribution in [1.82, 2.24) is 19.7 Å². The number of aromatic amines is 1. The van der Waals surface area contributed by atoms with Crippen LogP contribution in [0.5, 0.6) is 0 Å². The maximum absolute atomic E-state index is 13.1. The van der Waals surface area contributed by atoms with E-state index in [1.54, 1.807) is 0 Å². The molecule has 3 rings (SSSR count). The number of piperidine rings is 1. The van der Waals surface area contributed by atoms with Crippen LogP contribution in [-0.2, 0) is 4.79 Å². The topological polar surface area (TPSA) is 76.7 Å². The smallest absolute Gasteiger partial charge is 0.236 e. The Morgan fingerprint density at radius 2 is 1.59 bits per heavy atom. The average molecular weight is 403 g/mol. The Labute approximate surface area is 173 Å². The summed E-state index contributed by atoms with van der Waals surface area (Å²) in [5, 5.41) is 0. The van der Waals surface area contributed by atoms with Gasteiger partial charge in [-0.25, -0.2) is 0 Å². The zero-order valence-corrected chi connectivity index (χ0v) is 18.2. The maximum atomic E-state index is 13.1. The molecule has 0 bridgehead atoms. The largest absolute Gasteiger partial charge is 0.355 e. The molecule has 0 aromatic carbocycles. The molecule has 1 amide bonds. The Kier molecular flexibility index (Phi) is 6.90. The number of nitrogens with zero attached hydrogens (tertiary/aromatic N) is 3. The summed E-state index contributed by atoms with van der Waals surface area (Å²) in [7, 11) is 0. The quantitative estimate of drug-likeness (QED) is 0.737. The highest BCUT2D eigenvalue weighted by molar-refractivity contribution is 6.05. The molecule has 160 valence electrons. The zero-order chi connectivity index (χ0) is 21.1. The molecule has 1 N–H and O–H groups in total. The molecule has 0 radical (unpaired) electrons. The molecule has 2 aliphatic heterocycles. The zero-order valence-electron chi connectivity index (χ0n) is 18.2. The van der Waals surface area contributed by atoms with E-state index in [2.05, 4.69) is 14.8 Å². The van der Waals surface area contributed by atoms with Gasteiger partial charge in [0, 0.05) is 50.5 Å². The van der Waals surface area contributed by atoms with Crippen molar-refractivity contribution in [3.05, 3.63) is 22.5 Å². The molecule has 2 saturated heterocycles. The minimum atomic E-state index is -0.258. The first-order valence-electron chi connectivity index (χ1n) is 10.8. The molecule has 29 heavy (non-hydrogen) atoms. The van der Waals surface area contributed by atoms with Crippen molar-refractivity contribution in [2.75, 3.05) is 45.8 Å². The van der Waals surface area contributed by atoms with Crippen molar-refractivity contribution in [1.29, 1.82) is 0 Å². The van der Waals surface area contributed by atoms with E-state index < -0.39 is 0 Å². The molecule has 7 heteroatoms. The fraction of sp³-hybridized carbons (Fsp3) is 0.682. The molecule has 1 aromatic heterocycles. The lowest BCUT2D eigenvalue weighted by Crippen LogP contribution is -2.54. The lowest BCUT2D eigenvalue weighted by Gasteiger charge is -2.38. The van der Waals surface area contributed by atoms with Crippen molar-refractivity contribution < 1.29 is 14.4 Å². The Morgan fingerprint density at radius 1 is 0.966 bits per heavy atom. The van der Waals surface area contributed by atoms with E-state index in [1.807, 2.05) is 25.7 Å². The summed E-state index contributed by atoms with van der Waals surface area (Å²) in [5.74, 6) is 0.238. The van der Waals surface area contributed by atoms with Crippen molar-refractivity contribution in [3.63, 3.8) is 0 Å². The van der Waals surface area contributed by atoms with E-state index in [4.69, 9.17) is 0 Å². The summed E-state index contributed by atoms with van der Waals surface area (Å²) in [6.45, 7) is 12.5. The van der Waals surface area contributed by atoms with E-state index in [0.29, 0.717) is 17.8 Å². The van der Waals surface area contributed by atoms with Crippen LogP contribution in [0, 0.1) is 13.8 Å². The summed E-state index contributed by atoms with van der Waals surface area (Å²) < 4.78 is 0. The number of Topliss-reactive ketones (excluding diaryl/α,β-unsaturated/α-hetero) is 2. The third kappa shape index (κ3) is 4.78. The van der Waals surface area contributed by atoms with Gasteiger partial charge in [0.25, 0.3) is 0 Å². The van der Waals surface area contributed by atoms with E-state index in [-0.39, 0.29) is 23.5 Å². The monoisotopic (exact) mass is 402 g/mol. The highest BCUT2D eigenvalue weighted by Crippen LogP contribution is 2.21. The summed E-state index contributed by atoms with van der Waals surface area (Å²) in [6.07, 6.45) is 3.45. The van der Waals surface area contributed by atoms with Gasteiger partial charge >= 0.3 is 0 Å². The Hall–Kier alpha value is -1.99. The van der Waals surface area contributed by atoms with Crippen molar-refractivity contribution in [2.24, 2.45) is 0 Å². The minimum absolute atomic E-state index is 0.0186. The fourth-order valence-electron chi connectivity index (χ4n) is 4.64. The lowest BCUT2D eigenvalue weighted by molar-refractivity contribution is -0.133. The van der Waals surface area contributed by atoms with Crippen LogP contribution in [0.25, 0.3) is 0 Å². The number of hydrogen-bond acceptors (Lipinski definition) is 5. The average Bonchev–Trinajstić information content (AvgIpc) is 3.02. The number of ketones is 2. The molecular formula is C22H34N4O3. The van der Waals surface area contributed by atoms with E-state index in [0.717, 1.165) is 63.4 Å². The first kappa shape index (κ1) is 21.7. The van der Waals surface area contributed by atoms with Crippen LogP contribution < -0.4 is 0 Å². The van der Waals surface area contributed by atoms with Crippen LogP contribution in [0.2, 0.25) is 0 Å². The SMILES string of the molecule is CC(=O)c1c(C)[nH]c(C(=O)C(C)N2CCN(CC(=O)N3CCCCC3)CC2)c1C. The number of aromatic nitrogens is 1. The molecule has 3 heterocycles. The predicted octanol–water partition coefficient (Wildman–Crippen LogP) is 2.04. The highest BCUT2D eigenvalue weighted by Gasteiger charge is 2.30. The molecule has 0 spiro atoms. The molecule has 0 aliphatic carbocycles. The Bertz CT molecular complexity index is 771. The number of carbonyl (C=O) groups is 3. The van der Waals surface area contributed by atoms with Gasteiger partial charge in [0.2, 0.25) is 5.91 Å². The number of piperazine rings is 1. The van der Waals surface area contributed by atoms with Crippen LogP contribution in [0.3, 0.4) is 0 Å². The van der Waals surface area contributed by atoms with Crippen LogP contribution in [-0.4, -0.2) is 89.0 Å². The minimum Gasteiger partial charge on any atom is -0.355 e. The van der Waals surface area contributed by atoms with Crippen LogP contribution in [0.4, 0.5) is 0 Å². The summed E-state index contributed by atoms with van der Waals surface area (Å²) >= 11 is 0. The van der Waals surface area contributed by atoms with Gasteiger partial charge in [-0.05, 0) is 52.5 Å². The Morgan fingerprint density at radius 3 is 2.14 bits per heavy atom. The molecular weight excluding hydrogens is 368 g/mol. The molecule has 7 nitrogen and oxygen atoms in total. The van der Waals surface area contributed by atoms with E-state index >= 15 is 0 Å². The second kappa shape index (κ2) is 9.22.